The summed E-state index contributed by atoms with van der Waals surface area (Å²) in [5, 5.41) is 0. The van der Waals surface area contributed by atoms with Crippen LogP contribution in [0, 0.1) is 5.92 Å². The molecule has 1 aromatic rings. The molecule has 3 nitrogen and oxygen atoms in total. The summed E-state index contributed by atoms with van der Waals surface area (Å²) in [5.41, 5.74) is 8.64. The van der Waals surface area contributed by atoms with Gasteiger partial charge in [0, 0.05) is 25.0 Å². The molecular formula is C16H26N2O. The molecule has 2 unspecified atom stereocenters. The molecular weight excluding hydrogens is 236 g/mol. The van der Waals surface area contributed by atoms with Crippen LogP contribution in [0.2, 0.25) is 0 Å². The van der Waals surface area contributed by atoms with Gasteiger partial charge in [0.25, 0.3) is 0 Å². The highest BCUT2D eigenvalue weighted by Crippen LogP contribution is 2.30. The third-order valence-corrected chi connectivity index (χ3v) is 4.42. The minimum Gasteiger partial charge on any atom is -0.493 e. The lowest BCUT2D eigenvalue weighted by Gasteiger charge is -2.35. The minimum absolute atomic E-state index is 0.281. The summed E-state index contributed by atoms with van der Waals surface area (Å²) in [6, 6.07) is 7.31. The Labute approximate surface area is 116 Å². The Kier molecular flexibility index (Phi) is 4.48. The van der Waals surface area contributed by atoms with Gasteiger partial charge in [0.1, 0.15) is 5.75 Å². The quantitative estimate of drug-likeness (QED) is 0.886. The van der Waals surface area contributed by atoms with Gasteiger partial charge in [-0.25, -0.2) is 0 Å². The van der Waals surface area contributed by atoms with Crippen LogP contribution in [0.15, 0.2) is 18.2 Å². The number of nitrogens with two attached hydrogens (primary N) is 1. The van der Waals surface area contributed by atoms with Gasteiger partial charge in [-0.05, 0) is 37.1 Å². The van der Waals surface area contributed by atoms with E-state index >= 15 is 0 Å². The molecule has 0 saturated carbocycles. The predicted molar refractivity (Wildman–Crippen MR) is 79.5 cm³/mol. The van der Waals surface area contributed by atoms with E-state index in [9.17, 15) is 0 Å². The normalized spacial score (nSPS) is 17.4. The number of ether oxygens (including phenoxy) is 1. The monoisotopic (exact) mass is 262 g/mol. The molecule has 1 heterocycles. The Bertz CT molecular complexity index is 431. The zero-order chi connectivity index (χ0) is 14.0. The van der Waals surface area contributed by atoms with Crippen molar-refractivity contribution in [1.82, 2.24) is 4.90 Å². The lowest BCUT2D eigenvalue weighted by molar-refractivity contribution is 0.152. The van der Waals surface area contributed by atoms with E-state index in [0.29, 0.717) is 18.5 Å². The van der Waals surface area contributed by atoms with E-state index in [2.05, 4.69) is 50.9 Å². The number of benzene rings is 1. The van der Waals surface area contributed by atoms with Crippen LogP contribution in [0.5, 0.6) is 5.75 Å². The van der Waals surface area contributed by atoms with Crippen LogP contribution in [0.25, 0.3) is 0 Å². The number of likely N-dealkylation sites (N-methyl/N-ethyl adjacent to an activating group) is 1. The molecule has 1 aromatic carbocycles. The first-order valence-electron chi connectivity index (χ1n) is 7.22. The lowest BCUT2D eigenvalue weighted by Crippen LogP contribution is -2.39. The van der Waals surface area contributed by atoms with Crippen LogP contribution in [0.4, 0.5) is 0 Å². The summed E-state index contributed by atoms with van der Waals surface area (Å²) in [5.74, 6) is 1.66. The third-order valence-electron chi connectivity index (χ3n) is 4.42. The summed E-state index contributed by atoms with van der Waals surface area (Å²) in [4.78, 5) is 2.39. The molecule has 1 aliphatic rings. The maximum absolute atomic E-state index is 6.02. The molecule has 106 valence electrons. The van der Waals surface area contributed by atoms with E-state index in [1.165, 1.54) is 11.1 Å². The lowest BCUT2D eigenvalue weighted by atomic mass is 9.97. The van der Waals surface area contributed by atoms with Crippen molar-refractivity contribution in [2.75, 3.05) is 20.2 Å². The Hall–Kier alpha value is -1.06. The molecule has 0 aromatic heterocycles. The summed E-state index contributed by atoms with van der Waals surface area (Å²) in [7, 11) is 2.17. The second-order valence-electron chi connectivity index (χ2n) is 5.87. The fourth-order valence-electron chi connectivity index (χ4n) is 2.71. The maximum atomic E-state index is 6.02. The average molecular weight is 262 g/mol. The minimum atomic E-state index is 0.281. The van der Waals surface area contributed by atoms with Gasteiger partial charge in [-0.1, -0.05) is 26.0 Å². The van der Waals surface area contributed by atoms with E-state index in [1.54, 1.807) is 0 Å². The number of hydrogen-bond acceptors (Lipinski definition) is 3. The van der Waals surface area contributed by atoms with Crippen molar-refractivity contribution in [3.8, 4) is 5.75 Å². The molecule has 19 heavy (non-hydrogen) atoms. The molecule has 0 aliphatic carbocycles. The molecule has 0 bridgehead atoms. The molecule has 2 N–H and O–H groups in total. The van der Waals surface area contributed by atoms with Gasteiger partial charge in [0.15, 0.2) is 0 Å². The third kappa shape index (κ3) is 2.93. The van der Waals surface area contributed by atoms with Crippen LogP contribution in [0.1, 0.15) is 37.9 Å². The van der Waals surface area contributed by atoms with Crippen molar-refractivity contribution >= 4 is 0 Å². The van der Waals surface area contributed by atoms with E-state index in [4.69, 9.17) is 10.5 Å². The predicted octanol–water partition coefficient (Wildman–Crippen LogP) is 2.60. The van der Waals surface area contributed by atoms with E-state index in [1.807, 2.05) is 0 Å². The fourth-order valence-corrected chi connectivity index (χ4v) is 2.71. The van der Waals surface area contributed by atoms with Gasteiger partial charge in [0.05, 0.1) is 6.61 Å². The second kappa shape index (κ2) is 5.93. The Morgan fingerprint density at radius 3 is 2.68 bits per heavy atom. The highest BCUT2D eigenvalue weighted by molar-refractivity contribution is 5.40. The summed E-state index contributed by atoms with van der Waals surface area (Å²) in [6.07, 6.45) is 1.02. The Balaban J connectivity index is 2.22. The smallest absolute Gasteiger partial charge is 0.122 e. The van der Waals surface area contributed by atoms with Gasteiger partial charge in [-0.15, -0.1) is 0 Å². The SMILES string of the molecule is CC(C)C(C)N(C)C(CN)c1ccc2c(c1)CCO2. The number of fused-ring (bicyclic) bond motifs is 1. The van der Waals surface area contributed by atoms with Gasteiger partial charge in [-0.2, -0.15) is 0 Å². The molecule has 2 atom stereocenters. The van der Waals surface area contributed by atoms with Crippen molar-refractivity contribution in [2.45, 2.75) is 39.3 Å². The molecule has 0 saturated heterocycles. The van der Waals surface area contributed by atoms with Gasteiger partial charge < -0.3 is 10.5 Å². The van der Waals surface area contributed by atoms with Crippen LogP contribution in [-0.4, -0.2) is 31.1 Å². The average Bonchev–Trinajstić information content (AvgIpc) is 2.85. The van der Waals surface area contributed by atoms with E-state index in [-0.39, 0.29) is 6.04 Å². The van der Waals surface area contributed by atoms with Crippen molar-refractivity contribution in [2.24, 2.45) is 11.7 Å². The van der Waals surface area contributed by atoms with Crippen LogP contribution in [-0.2, 0) is 6.42 Å². The second-order valence-corrected chi connectivity index (χ2v) is 5.87. The van der Waals surface area contributed by atoms with Gasteiger partial charge in [0.2, 0.25) is 0 Å². The molecule has 0 fully saturated rings. The first kappa shape index (κ1) is 14.4. The van der Waals surface area contributed by atoms with Crippen molar-refractivity contribution in [1.29, 1.82) is 0 Å². The van der Waals surface area contributed by atoms with Crippen molar-refractivity contribution in [3.63, 3.8) is 0 Å². The van der Waals surface area contributed by atoms with Crippen LogP contribution >= 0.6 is 0 Å². The topological polar surface area (TPSA) is 38.5 Å². The number of rotatable bonds is 5. The summed E-state index contributed by atoms with van der Waals surface area (Å²) < 4.78 is 5.57. The largest absolute Gasteiger partial charge is 0.493 e. The zero-order valence-electron chi connectivity index (χ0n) is 12.5. The Morgan fingerprint density at radius 2 is 2.05 bits per heavy atom. The van der Waals surface area contributed by atoms with Gasteiger partial charge in [-0.3, -0.25) is 4.90 Å². The molecule has 0 amide bonds. The zero-order valence-corrected chi connectivity index (χ0v) is 12.5. The van der Waals surface area contributed by atoms with Crippen molar-refractivity contribution in [3.05, 3.63) is 29.3 Å². The van der Waals surface area contributed by atoms with E-state index in [0.717, 1.165) is 18.8 Å². The maximum Gasteiger partial charge on any atom is 0.122 e. The molecule has 2 rings (SSSR count). The molecule has 0 radical (unpaired) electrons. The molecule has 3 heteroatoms. The summed E-state index contributed by atoms with van der Waals surface area (Å²) >= 11 is 0. The first-order valence-corrected chi connectivity index (χ1v) is 7.22. The summed E-state index contributed by atoms with van der Waals surface area (Å²) in [6.45, 7) is 8.23. The van der Waals surface area contributed by atoms with E-state index < -0.39 is 0 Å². The number of hydrogen-bond donors (Lipinski definition) is 1. The molecule has 1 aliphatic heterocycles. The van der Waals surface area contributed by atoms with Crippen LogP contribution in [0.3, 0.4) is 0 Å². The first-order chi connectivity index (χ1) is 9.04. The van der Waals surface area contributed by atoms with Crippen LogP contribution < -0.4 is 10.5 Å². The standard InChI is InChI=1S/C16H26N2O/c1-11(2)12(3)18(4)15(10-17)13-5-6-16-14(9-13)7-8-19-16/h5-6,9,11-12,15H,7-8,10,17H2,1-4H3. The van der Waals surface area contributed by atoms with Crippen molar-refractivity contribution < 1.29 is 4.74 Å². The Morgan fingerprint density at radius 1 is 1.32 bits per heavy atom. The highest BCUT2D eigenvalue weighted by atomic mass is 16.5. The molecule has 0 spiro atoms. The highest BCUT2D eigenvalue weighted by Gasteiger charge is 2.23. The number of nitrogens with zero attached hydrogens (tertiary/aromatic N) is 1. The fraction of sp³-hybridized carbons (Fsp3) is 0.625. The van der Waals surface area contributed by atoms with Gasteiger partial charge >= 0.3 is 0 Å².